The Kier molecular flexibility index (Phi) is 2.88. The first-order chi connectivity index (χ1) is 9.82. The van der Waals surface area contributed by atoms with Crippen LogP contribution in [0.3, 0.4) is 0 Å². The van der Waals surface area contributed by atoms with Gasteiger partial charge in [-0.15, -0.1) is 0 Å². The molecule has 2 saturated heterocycles. The van der Waals surface area contributed by atoms with E-state index < -0.39 is 0 Å². The molecule has 2 aliphatic rings. The van der Waals surface area contributed by atoms with Crippen LogP contribution in [-0.4, -0.2) is 23.0 Å². The number of para-hydroxylation sites is 1. The highest BCUT2D eigenvalue weighted by molar-refractivity contribution is 5.80. The molecule has 0 amide bonds. The number of H-pyrrole nitrogens is 1. The summed E-state index contributed by atoms with van der Waals surface area (Å²) < 4.78 is 0. The molecule has 20 heavy (non-hydrogen) atoms. The zero-order valence-electron chi connectivity index (χ0n) is 12.4. The van der Waals surface area contributed by atoms with Crippen molar-refractivity contribution in [3.05, 3.63) is 36.0 Å². The summed E-state index contributed by atoms with van der Waals surface area (Å²) in [5.74, 6) is 0. The number of rotatable bonds is 2. The van der Waals surface area contributed by atoms with Gasteiger partial charge in [-0.05, 0) is 68.1 Å². The molecule has 1 aromatic carbocycles. The Morgan fingerprint density at radius 2 is 1.95 bits per heavy atom. The summed E-state index contributed by atoms with van der Waals surface area (Å²) in [6.07, 6.45) is 6.87. The first-order valence-corrected chi connectivity index (χ1v) is 8.14. The summed E-state index contributed by atoms with van der Waals surface area (Å²) in [5, 5.41) is 1.36. The fourth-order valence-electron chi connectivity index (χ4n) is 4.74. The number of benzene rings is 1. The summed E-state index contributed by atoms with van der Waals surface area (Å²) in [7, 11) is 0. The van der Waals surface area contributed by atoms with Gasteiger partial charge in [0.25, 0.3) is 0 Å². The highest BCUT2D eigenvalue weighted by atomic mass is 15.2. The van der Waals surface area contributed by atoms with Gasteiger partial charge < -0.3 is 4.98 Å². The van der Waals surface area contributed by atoms with Crippen LogP contribution in [0.1, 0.15) is 50.8 Å². The number of nitrogens with zero attached hydrogens (tertiary/aromatic N) is 1. The fourth-order valence-corrected chi connectivity index (χ4v) is 4.74. The van der Waals surface area contributed by atoms with Gasteiger partial charge in [-0.3, -0.25) is 4.90 Å². The second kappa shape index (κ2) is 4.63. The van der Waals surface area contributed by atoms with Crippen molar-refractivity contribution < 1.29 is 0 Å². The van der Waals surface area contributed by atoms with Crippen molar-refractivity contribution in [2.45, 2.75) is 45.1 Å². The quantitative estimate of drug-likeness (QED) is 0.850. The summed E-state index contributed by atoms with van der Waals surface area (Å²) in [6.45, 7) is 4.95. The average Bonchev–Trinajstić information content (AvgIpc) is 2.89. The van der Waals surface area contributed by atoms with Crippen LogP contribution in [0.25, 0.3) is 10.9 Å². The van der Waals surface area contributed by atoms with Gasteiger partial charge in [0.1, 0.15) is 0 Å². The van der Waals surface area contributed by atoms with E-state index in [0.717, 1.165) is 0 Å². The molecular formula is C18H24N2. The number of nitrogens with one attached hydrogen (secondary N) is 1. The normalized spacial score (nSPS) is 33.5. The summed E-state index contributed by atoms with van der Waals surface area (Å²) in [4.78, 5) is 6.45. The SMILES string of the molecule is CCC12CCCN(CCC1)[C@@H]2c1cc2ccccc2[nH]1. The lowest BCUT2D eigenvalue weighted by Crippen LogP contribution is -2.50. The molecule has 2 bridgehead atoms. The van der Waals surface area contributed by atoms with E-state index in [0.29, 0.717) is 11.5 Å². The zero-order valence-corrected chi connectivity index (χ0v) is 12.4. The molecule has 0 radical (unpaired) electrons. The third kappa shape index (κ3) is 1.74. The van der Waals surface area contributed by atoms with Crippen LogP contribution < -0.4 is 0 Å². The maximum absolute atomic E-state index is 3.71. The number of piperidine rings is 2. The zero-order chi connectivity index (χ0) is 13.6. The van der Waals surface area contributed by atoms with E-state index in [2.05, 4.69) is 47.1 Å². The van der Waals surface area contributed by atoms with Gasteiger partial charge in [0, 0.05) is 11.2 Å². The highest BCUT2D eigenvalue weighted by Crippen LogP contribution is 2.53. The van der Waals surface area contributed by atoms with Crippen LogP contribution in [0.2, 0.25) is 0 Å². The molecule has 1 aromatic heterocycles. The van der Waals surface area contributed by atoms with Gasteiger partial charge in [0.15, 0.2) is 0 Å². The lowest BCUT2D eigenvalue weighted by atomic mass is 9.65. The van der Waals surface area contributed by atoms with Gasteiger partial charge >= 0.3 is 0 Å². The minimum atomic E-state index is 0.511. The summed E-state index contributed by atoms with van der Waals surface area (Å²) in [6, 6.07) is 11.7. The van der Waals surface area contributed by atoms with Crippen molar-refractivity contribution in [2.75, 3.05) is 13.1 Å². The minimum Gasteiger partial charge on any atom is -0.357 e. The maximum Gasteiger partial charge on any atom is 0.0555 e. The Morgan fingerprint density at radius 3 is 2.65 bits per heavy atom. The molecular weight excluding hydrogens is 244 g/mol. The van der Waals surface area contributed by atoms with Crippen molar-refractivity contribution in [3.8, 4) is 0 Å². The largest absolute Gasteiger partial charge is 0.357 e. The average molecular weight is 268 g/mol. The Balaban J connectivity index is 1.81. The second-order valence-corrected chi connectivity index (χ2v) is 6.67. The lowest BCUT2D eigenvalue weighted by Gasteiger charge is -2.53. The third-order valence-electron chi connectivity index (χ3n) is 5.73. The highest BCUT2D eigenvalue weighted by Gasteiger charge is 2.46. The first-order valence-electron chi connectivity index (χ1n) is 8.14. The molecule has 0 aliphatic carbocycles. The summed E-state index contributed by atoms with van der Waals surface area (Å²) >= 11 is 0. The molecule has 1 N–H and O–H groups in total. The van der Waals surface area contributed by atoms with Crippen molar-refractivity contribution in [2.24, 2.45) is 5.41 Å². The van der Waals surface area contributed by atoms with Gasteiger partial charge in [-0.1, -0.05) is 25.1 Å². The molecule has 0 saturated carbocycles. The van der Waals surface area contributed by atoms with E-state index in [1.54, 1.807) is 0 Å². The number of aromatic nitrogens is 1. The molecule has 3 heterocycles. The van der Waals surface area contributed by atoms with Crippen molar-refractivity contribution in [1.82, 2.24) is 9.88 Å². The van der Waals surface area contributed by atoms with E-state index in [9.17, 15) is 0 Å². The molecule has 2 aliphatic heterocycles. The molecule has 0 unspecified atom stereocenters. The van der Waals surface area contributed by atoms with Crippen LogP contribution in [-0.2, 0) is 0 Å². The molecule has 0 spiro atoms. The van der Waals surface area contributed by atoms with Crippen LogP contribution in [0, 0.1) is 5.41 Å². The Labute approximate surface area is 121 Å². The van der Waals surface area contributed by atoms with Crippen LogP contribution in [0.5, 0.6) is 0 Å². The van der Waals surface area contributed by atoms with Crippen molar-refractivity contribution in [1.29, 1.82) is 0 Å². The van der Waals surface area contributed by atoms with Gasteiger partial charge in [0.05, 0.1) is 6.04 Å². The van der Waals surface area contributed by atoms with E-state index >= 15 is 0 Å². The summed E-state index contributed by atoms with van der Waals surface area (Å²) in [5.41, 5.74) is 3.25. The minimum absolute atomic E-state index is 0.511. The maximum atomic E-state index is 3.71. The molecule has 1 atom stereocenters. The Bertz CT molecular complexity index is 570. The van der Waals surface area contributed by atoms with Crippen molar-refractivity contribution >= 4 is 10.9 Å². The predicted molar refractivity (Wildman–Crippen MR) is 83.8 cm³/mol. The van der Waals surface area contributed by atoms with Gasteiger partial charge in [0.2, 0.25) is 0 Å². The van der Waals surface area contributed by atoms with E-state index in [-0.39, 0.29) is 0 Å². The van der Waals surface area contributed by atoms with E-state index in [1.165, 1.54) is 61.8 Å². The third-order valence-corrected chi connectivity index (χ3v) is 5.73. The van der Waals surface area contributed by atoms with Crippen LogP contribution in [0.4, 0.5) is 0 Å². The number of aromatic amines is 1. The molecule has 2 heteroatoms. The van der Waals surface area contributed by atoms with Gasteiger partial charge in [-0.25, -0.2) is 0 Å². The topological polar surface area (TPSA) is 19.0 Å². The van der Waals surface area contributed by atoms with Crippen LogP contribution >= 0.6 is 0 Å². The molecule has 4 rings (SSSR count). The number of hydrogen-bond donors (Lipinski definition) is 1. The Hall–Kier alpha value is -1.28. The molecule has 2 nitrogen and oxygen atoms in total. The number of fused-ring (bicyclic) bond motifs is 3. The first kappa shape index (κ1) is 12.5. The second-order valence-electron chi connectivity index (χ2n) is 6.67. The monoisotopic (exact) mass is 268 g/mol. The predicted octanol–water partition coefficient (Wildman–Crippen LogP) is 4.50. The number of hydrogen-bond acceptors (Lipinski definition) is 1. The lowest BCUT2D eigenvalue weighted by molar-refractivity contribution is -0.0367. The standard InChI is InChI=1S/C18H24N2/c1-2-18-9-5-11-20(12-6-10-18)17(18)16-13-14-7-3-4-8-15(14)19-16/h3-4,7-8,13,17,19H,2,5-6,9-12H2,1H3/t17-/m1/s1. The fraction of sp³-hybridized carbons (Fsp3) is 0.556. The molecule has 2 aromatic rings. The smallest absolute Gasteiger partial charge is 0.0555 e. The molecule has 106 valence electrons. The molecule has 2 fully saturated rings. The van der Waals surface area contributed by atoms with Crippen LogP contribution in [0.15, 0.2) is 30.3 Å². The van der Waals surface area contributed by atoms with E-state index in [4.69, 9.17) is 0 Å². The van der Waals surface area contributed by atoms with E-state index in [1.807, 2.05) is 0 Å². The van der Waals surface area contributed by atoms with Crippen molar-refractivity contribution in [3.63, 3.8) is 0 Å². The Morgan fingerprint density at radius 1 is 1.20 bits per heavy atom. The van der Waals surface area contributed by atoms with Gasteiger partial charge in [-0.2, -0.15) is 0 Å².